The first-order valence-corrected chi connectivity index (χ1v) is 7.43. The van der Waals surface area contributed by atoms with Gasteiger partial charge in [0.15, 0.2) is 0 Å². The van der Waals surface area contributed by atoms with E-state index in [0.717, 1.165) is 17.5 Å². The Bertz CT molecular complexity index is 567. The summed E-state index contributed by atoms with van der Waals surface area (Å²) in [6.07, 6.45) is 0.926. The van der Waals surface area contributed by atoms with Gasteiger partial charge in [0.05, 0.1) is 13.2 Å². The number of ether oxygens (including phenoxy) is 1. The number of amides is 2. The monoisotopic (exact) mass is 298 g/mol. The normalized spacial score (nSPS) is 10.2. The molecular weight excluding hydrogens is 276 g/mol. The van der Waals surface area contributed by atoms with E-state index < -0.39 is 0 Å². The van der Waals surface area contributed by atoms with Crippen molar-refractivity contribution in [3.63, 3.8) is 0 Å². The Kier molecular flexibility index (Phi) is 6.45. The highest BCUT2D eigenvalue weighted by Crippen LogP contribution is 2.07. The molecule has 0 bridgehead atoms. The van der Waals surface area contributed by atoms with E-state index in [-0.39, 0.29) is 6.03 Å². The fourth-order valence-electron chi connectivity index (χ4n) is 2.05. The Morgan fingerprint density at radius 3 is 2.32 bits per heavy atom. The van der Waals surface area contributed by atoms with Crippen LogP contribution in [0.25, 0.3) is 0 Å². The number of rotatable bonds is 7. The van der Waals surface area contributed by atoms with Crippen molar-refractivity contribution >= 4 is 6.03 Å². The molecule has 0 atom stereocenters. The zero-order valence-corrected chi connectivity index (χ0v) is 12.8. The van der Waals surface area contributed by atoms with E-state index in [9.17, 15) is 4.79 Å². The largest absolute Gasteiger partial charge is 0.376 e. The molecule has 2 rings (SSSR count). The molecule has 116 valence electrons. The topological polar surface area (TPSA) is 50.4 Å². The van der Waals surface area contributed by atoms with E-state index in [0.29, 0.717) is 19.8 Å². The van der Waals surface area contributed by atoms with E-state index in [1.807, 2.05) is 42.5 Å². The minimum atomic E-state index is -0.173. The minimum Gasteiger partial charge on any atom is -0.376 e. The summed E-state index contributed by atoms with van der Waals surface area (Å²) in [7, 11) is 1.60. The van der Waals surface area contributed by atoms with Crippen molar-refractivity contribution < 1.29 is 9.53 Å². The van der Waals surface area contributed by atoms with E-state index in [1.54, 1.807) is 7.05 Å². The van der Waals surface area contributed by atoms with Crippen LogP contribution in [0.4, 0.5) is 4.79 Å². The van der Waals surface area contributed by atoms with Gasteiger partial charge in [0, 0.05) is 13.6 Å². The van der Waals surface area contributed by atoms with Gasteiger partial charge in [-0.2, -0.15) is 0 Å². The van der Waals surface area contributed by atoms with Crippen LogP contribution in [-0.2, 0) is 24.3 Å². The summed E-state index contributed by atoms with van der Waals surface area (Å²) in [6, 6.07) is 18.2. The molecule has 0 aliphatic rings. The van der Waals surface area contributed by atoms with Crippen molar-refractivity contribution in [3.05, 3.63) is 71.3 Å². The molecule has 0 saturated carbocycles. The summed E-state index contributed by atoms with van der Waals surface area (Å²) < 4.78 is 5.70. The maximum absolute atomic E-state index is 11.1. The molecule has 0 radical (unpaired) electrons. The Morgan fingerprint density at radius 2 is 1.64 bits per heavy atom. The van der Waals surface area contributed by atoms with Gasteiger partial charge < -0.3 is 15.4 Å². The third kappa shape index (κ3) is 5.58. The SMILES string of the molecule is CNC(=O)NCc1ccc(COCCc2ccccc2)cc1. The van der Waals surface area contributed by atoms with E-state index in [4.69, 9.17) is 4.74 Å². The molecule has 0 fully saturated rings. The molecule has 0 spiro atoms. The van der Waals surface area contributed by atoms with E-state index in [2.05, 4.69) is 22.8 Å². The maximum atomic E-state index is 11.1. The van der Waals surface area contributed by atoms with Gasteiger partial charge in [0.25, 0.3) is 0 Å². The highest BCUT2D eigenvalue weighted by molar-refractivity contribution is 5.73. The second kappa shape index (κ2) is 8.85. The molecule has 0 saturated heterocycles. The molecule has 0 aromatic heterocycles. The summed E-state index contributed by atoms with van der Waals surface area (Å²) >= 11 is 0. The lowest BCUT2D eigenvalue weighted by Gasteiger charge is -2.07. The van der Waals surface area contributed by atoms with Crippen LogP contribution < -0.4 is 10.6 Å². The summed E-state index contributed by atoms with van der Waals surface area (Å²) in [4.78, 5) is 11.1. The van der Waals surface area contributed by atoms with Crippen LogP contribution >= 0.6 is 0 Å². The van der Waals surface area contributed by atoms with Crippen molar-refractivity contribution in [1.82, 2.24) is 10.6 Å². The molecule has 0 unspecified atom stereocenters. The Labute approximate surface area is 131 Å². The van der Waals surface area contributed by atoms with Crippen LogP contribution in [0.5, 0.6) is 0 Å². The van der Waals surface area contributed by atoms with Gasteiger partial charge >= 0.3 is 6.03 Å². The van der Waals surface area contributed by atoms with Crippen molar-refractivity contribution in [2.45, 2.75) is 19.6 Å². The van der Waals surface area contributed by atoms with Crippen LogP contribution in [-0.4, -0.2) is 19.7 Å². The van der Waals surface area contributed by atoms with E-state index in [1.165, 1.54) is 5.56 Å². The first kappa shape index (κ1) is 16.0. The van der Waals surface area contributed by atoms with Crippen LogP contribution in [0.3, 0.4) is 0 Å². The number of nitrogens with one attached hydrogen (secondary N) is 2. The molecule has 2 aromatic rings. The predicted molar refractivity (Wildman–Crippen MR) is 87.5 cm³/mol. The van der Waals surface area contributed by atoms with Gasteiger partial charge in [-0.3, -0.25) is 0 Å². The summed E-state index contributed by atoms with van der Waals surface area (Å²) in [5.74, 6) is 0. The molecule has 22 heavy (non-hydrogen) atoms. The number of carbonyl (C=O) groups excluding carboxylic acids is 1. The molecule has 0 heterocycles. The number of hydrogen-bond acceptors (Lipinski definition) is 2. The average molecular weight is 298 g/mol. The van der Waals surface area contributed by atoms with Crippen LogP contribution in [0, 0.1) is 0 Å². The Morgan fingerprint density at radius 1 is 0.955 bits per heavy atom. The van der Waals surface area contributed by atoms with Crippen LogP contribution in [0.1, 0.15) is 16.7 Å². The number of benzene rings is 2. The molecule has 2 aromatic carbocycles. The molecule has 0 aliphatic carbocycles. The molecule has 2 amide bonds. The Hall–Kier alpha value is -2.33. The summed E-state index contributed by atoms with van der Waals surface area (Å²) in [5, 5.41) is 5.28. The van der Waals surface area contributed by atoms with Crippen molar-refractivity contribution in [1.29, 1.82) is 0 Å². The quantitative estimate of drug-likeness (QED) is 0.772. The van der Waals surface area contributed by atoms with Crippen molar-refractivity contribution in [2.75, 3.05) is 13.7 Å². The summed E-state index contributed by atoms with van der Waals surface area (Å²) in [5.41, 5.74) is 3.49. The van der Waals surface area contributed by atoms with Gasteiger partial charge in [-0.05, 0) is 23.1 Å². The van der Waals surface area contributed by atoms with Gasteiger partial charge in [0.2, 0.25) is 0 Å². The first-order valence-electron chi connectivity index (χ1n) is 7.43. The predicted octanol–water partition coefficient (Wildman–Crippen LogP) is 2.87. The second-order valence-corrected chi connectivity index (χ2v) is 5.04. The first-order chi connectivity index (χ1) is 10.8. The molecular formula is C18H22N2O2. The fourth-order valence-corrected chi connectivity index (χ4v) is 2.05. The molecule has 4 nitrogen and oxygen atoms in total. The lowest BCUT2D eigenvalue weighted by molar-refractivity contribution is 0.124. The molecule has 4 heteroatoms. The maximum Gasteiger partial charge on any atom is 0.314 e. The zero-order valence-electron chi connectivity index (χ0n) is 12.8. The highest BCUT2D eigenvalue weighted by Gasteiger charge is 1.99. The van der Waals surface area contributed by atoms with Crippen LogP contribution in [0.15, 0.2) is 54.6 Å². The standard InChI is InChI=1S/C18H22N2O2/c1-19-18(21)20-13-16-7-9-17(10-8-16)14-22-12-11-15-5-3-2-4-6-15/h2-10H,11-14H2,1H3,(H2,19,20,21). The fraction of sp³-hybridized carbons (Fsp3) is 0.278. The third-order valence-electron chi connectivity index (χ3n) is 3.35. The molecule has 0 aliphatic heterocycles. The van der Waals surface area contributed by atoms with Gasteiger partial charge in [-0.25, -0.2) is 4.79 Å². The minimum absolute atomic E-state index is 0.173. The second-order valence-electron chi connectivity index (χ2n) is 5.04. The number of carbonyl (C=O) groups is 1. The number of hydrogen-bond donors (Lipinski definition) is 2. The molecule has 2 N–H and O–H groups in total. The van der Waals surface area contributed by atoms with Crippen LogP contribution in [0.2, 0.25) is 0 Å². The van der Waals surface area contributed by atoms with Gasteiger partial charge in [-0.1, -0.05) is 54.6 Å². The Balaban J connectivity index is 1.69. The average Bonchev–Trinajstić information content (AvgIpc) is 2.58. The van der Waals surface area contributed by atoms with Crippen molar-refractivity contribution in [2.24, 2.45) is 0 Å². The number of urea groups is 1. The highest BCUT2D eigenvalue weighted by atomic mass is 16.5. The van der Waals surface area contributed by atoms with E-state index >= 15 is 0 Å². The zero-order chi connectivity index (χ0) is 15.6. The smallest absolute Gasteiger partial charge is 0.314 e. The lowest BCUT2D eigenvalue weighted by atomic mass is 10.1. The van der Waals surface area contributed by atoms with Gasteiger partial charge in [0.1, 0.15) is 0 Å². The third-order valence-corrected chi connectivity index (χ3v) is 3.35. The van der Waals surface area contributed by atoms with Crippen molar-refractivity contribution in [3.8, 4) is 0 Å². The lowest BCUT2D eigenvalue weighted by Crippen LogP contribution is -2.32. The summed E-state index contributed by atoms with van der Waals surface area (Å²) in [6.45, 7) is 1.84. The van der Waals surface area contributed by atoms with Gasteiger partial charge in [-0.15, -0.1) is 0 Å².